The smallest absolute Gasteiger partial charge is 0.257 e. The molecule has 0 aliphatic carbocycles. The van der Waals surface area contributed by atoms with Crippen molar-refractivity contribution in [3.05, 3.63) is 88.8 Å². The third-order valence-electron chi connectivity index (χ3n) is 6.74. The lowest BCUT2D eigenvalue weighted by molar-refractivity contribution is -0.208. The number of aromatic nitrogens is 3. The molecule has 1 fully saturated rings. The summed E-state index contributed by atoms with van der Waals surface area (Å²) < 4.78 is 47.2. The van der Waals surface area contributed by atoms with E-state index >= 15 is 8.78 Å². The molecule has 2 aliphatic rings. The summed E-state index contributed by atoms with van der Waals surface area (Å²) in [7, 11) is 1.39. The molecule has 2 aliphatic heterocycles. The van der Waals surface area contributed by atoms with Crippen LogP contribution in [0.4, 0.5) is 8.78 Å². The third-order valence-corrected chi connectivity index (χ3v) is 7.02. The van der Waals surface area contributed by atoms with Crippen LogP contribution in [0.1, 0.15) is 41.1 Å². The third kappa shape index (κ3) is 5.97. The van der Waals surface area contributed by atoms with E-state index in [1.807, 2.05) is 30.3 Å². The van der Waals surface area contributed by atoms with Gasteiger partial charge in [-0.1, -0.05) is 36.4 Å². The molecule has 39 heavy (non-hydrogen) atoms. The summed E-state index contributed by atoms with van der Waals surface area (Å²) in [6, 6.07) is 11.2. The number of thiocarbonyl (C=S) groups is 1. The van der Waals surface area contributed by atoms with Crippen LogP contribution in [0.5, 0.6) is 0 Å². The maximum Gasteiger partial charge on any atom is 0.257 e. The van der Waals surface area contributed by atoms with Crippen LogP contribution >= 0.6 is 12.2 Å². The number of nitrogens with one attached hydrogen (secondary N) is 2. The lowest BCUT2D eigenvalue weighted by Crippen LogP contribution is -2.44. The van der Waals surface area contributed by atoms with E-state index in [0.29, 0.717) is 24.2 Å². The quantitative estimate of drug-likeness (QED) is 0.445. The minimum absolute atomic E-state index is 0.0389. The van der Waals surface area contributed by atoms with Gasteiger partial charge in [-0.05, 0) is 41.9 Å². The van der Waals surface area contributed by atoms with Crippen molar-refractivity contribution in [3.8, 4) is 0 Å². The van der Waals surface area contributed by atoms with Crippen LogP contribution in [-0.4, -0.2) is 64.8 Å². The average molecular weight is 556 g/mol. The Morgan fingerprint density at radius 3 is 2.51 bits per heavy atom. The lowest BCUT2D eigenvalue weighted by atomic mass is 9.94. The van der Waals surface area contributed by atoms with Gasteiger partial charge >= 0.3 is 0 Å². The Bertz CT molecular complexity index is 1320. The van der Waals surface area contributed by atoms with E-state index in [9.17, 15) is 4.79 Å². The second-order valence-corrected chi connectivity index (χ2v) is 9.56. The number of benzene rings is 2. The van der Waals surface area contributed by atoms with Crippen LogP contribution in [0.3, 0.4) is 0 Å². The van der Waals surface area contributed by atoms with Crippen LogP contribution in [0, 0.1) is 17.6 Å². The SMILES string of the molecule is COC(=S)NC(c1cc(F)c(C2=CCN(C(=O)C3COC(c4ccccc4)OC3)CC2)c(F)c1)c1cn[nH]n1. The molecule has 2 aromatic carbocycles. The molecule has 1 amide bonds. The second-order valence-electron chi connectivity index (χ2n) is 9.19. The van der Waals surface area contributed by atoms with Gasteiger partial charge in [0.2, 0.25) is 5.91 Å². The molecule has 0 radical (unpaired) electrons. The second kappa shape index (κ2) is 12.0. The number of amides is 1. The zero-order valence-corrected chi connectivity index (χ0v) is 21.9. The first kappa shape index (κ1) is 26.9. The first-order valence-corrected chi connectivity index (χ1v) is 12.8. The molecule has 1 unspecified atom stereocenters. The summed E-state index contributed by atoms with van der Waals surface area (Å²) in [6.45, 7) is 1.04. The monoisotopic (exact) mass is 555 g/mol. The van der Waals surface area contributed by atoms with Crippen LogP contribution < -0.4 is 5.32 Å². The fourth-order valence-corrected chi connectivity index (χ4v) is 4.84. The van der Waals surface area contributed by atoms with Crippen LogP contribution in [0.2, 0.25) is 0 Å². The number of hydrogen-bond donors (Lipinski definition) is 2. The highest BCUT2D eigenvalue weighted by Gasteiger charge is 2.32. The van der Waals surface area contributed by atoms with Gasteiger partial charge in [0.1, 0.15) is 23.4 Å². The minimum Gasteiger partial charge on any atom is -0.474 e. The van der Waals surface area contributed by atoms with Crippen LogP contribution in [-0.2, 0) is 19.0 Å². The Hall–Kier alpha value is -3.74. The summed E-state index contributed by atoms with van der Waals surface area (Å²) >= 11 is 5.07. The van der Waals surface area contributed by atoms with Crippen molar-refractivity contribution >= 4 is 28.9 Å². The van der Waals surface area contributed by atoms with Gasteiger partial charge in [0.15, 0.2) is 6.29 Å². The number of halogens is 2. The van der Waals surface area contributed by atoms with Crippen molar-refractivity contribution in [1.82, 2.24) is 25.6 Å². The number of rotatable bonds is 6. The fourth-order valence-electron chi connectivity index (χ4n) is 4.72. The van der Waals surface area contributed by atoms with Gasteiger partial charge in [-0.15, -0.1) is 0 Å². The lowest BCUT2D eigenvalue weighted by Gasteiger charge is -2.34. The molecule has 204 valence electrons. The van der Waals surface area contributed by atoms with Crippen molar-refractivity contribution in [1.29, 1.82) is 0 Å². The van der Waals surface area contributed by atoms with E-state index in [2.05, 4.69) is 20.7 Å². The number of carbonyl (C=O) groups is 1. The predicted molar refractivity (Wildman–Crippen MR) is 141 cm³/mol. The molecule has 12 heteroatoms. The number of carbonyl (C=O) groups excluding carboxylic acids is 1. The Kier molecular flexibility index (Phi) is 8.24. The van der Waals surface area contributed by atoms with E-state index in [1.165, 1.54) is 25.4 Å². The molecule has 0 bridgehead atoms. The summed E-state index contributed by atoms with van der Waals surface area (Å²) in [5, 5.41) is 13.2. The normalized spacial score (nSPS) is 20.2. The van der Waals surface area contributed by atoms with Gasteiger partial charge in [0.05, 0.1) is 32.4 Å². The number of H-pyrrole nitrogens is 1. The van der Waals surface area contributed by atoms with Gasteiger partial charge in [0, 0.05) is 24.2 Å². The standard InChI is InChI=1S/C27H27F2N5O4S/c1-36-27(39)31-24(22-13-30-33-32-22)18-11-20(28)23(21(29)12-18)16-7-9-34(10-8-16)25(35)19-14-37-26(38-15-19)17-5-3-2-4-6-17/h2-7,11-13,19,24,26H,8-10,14-15H2,1H3,(H,31,39)(H,30,32,33). The Morgan fingerprint density at radius 1 is 1.21 bits per heavy atom. The Labute approximate surface area is 229 Å². The van der Waals surface area contributed by atoms with E-state index in [4.69, 9.17) is 26.4 Å². The van der Waals surface area contributed by atoms with Crippen LogP contribution in [0.15, 0.2) is 54.7 Å². The number of nitrogens with zero attached hydrogens (tertiary/aromatic N) is 3. The van der Waals surface area contributed by atoms with Gasteiger partial charge in [-0.25, -0.2) is 8.78 Å². The summed E-state index contributed by atoms with van der Waals surface area (Å²) in [6.07, 6.45) is 2.92. The molecule has 2 N–H and O–H groups in total. The van der Waals surface area contributed by atoms with Gasteiger partial charge in [0.25, 0.3) is 5.17 Å². The van der Waals surface area contributed by atoms with Gasteiger partial charge < -0.3 is 24.4 Å². The largest absolute Gasteiger partial charge is 0.474 e. The number of aromatic amines is 1. The molecule has 3 heterocycles. The zero-order valence-electron chi connectivity index (χ0n) is 21.1. The summed E-state index contributed by atoms with van der Waals surface area (Å²) in [4.78, 5) is 14.7. The summed E-state index contributed by atoms with van der Waals surface area (Å²) in [5.74, 6) is -2.00. The van der Waals surface area contributed by atoms with Gasteiger partial charge in [-0.3, -0.25) is 4.79 Å². The molecule has 9 nitrogen and oxygen atoms in total. The number of ether oxygens (including phenoxy) is 3. The van der Waals surface area contributed by atoms with Gasteiger partial charge in [-0.2, -0.15) is 15.4 Å². The minimum atomic E-state index is -0.774. The van der Waals surface area contributed by atoms with Crippen molar-refractivity contribution in [2.45, 2.75) is 18.8 Å². The molecule has 1 saturated heterocycles. The maximum atomic E-state index is 15.3. The Balaban J connectivity index is 1.25. The van der Waals surface area contributed by atoms with Crippen molar-refractivity contribution < 1.29 is 27.8 Å². The molecule has 0 saturated carbocycles. The van der Waals surface area contributed by atoms with E-state index < -0.39 is 29.9 Å². The van der Waals surface area contributed by atoms with E-state index in [0.717, 1.165) is 5.56 Å². The maximum absolute atomic E-state index is 15.3. The number of hydrogen-bond acceptors (Lipinski definition) is 7. The predicted octanol–water partition coefficient (Wildman–Crippen LogP) is 3.67. The van der Waals surface area contributed by atoms with Crippen molar-refractivity contribution in [2.75, 3.05) is 33.4 Å². The van der Waals surface area contributed by atoms with E-state index in [-0.39, 0.29) is 42.0 Å². The summed E-state index contributed by atoms with van der Waals surface area (Å²) in [5.41, 5.74) is 1.93. The van der Waals surface area contributed by atoms with Crippen molar-refractivity contribution in [2.24, 2.45) is 5.92 Å². The first-order valence-electron chi connectivity index (χ1n) is 12.4. The molecule has 5 rings (SSSR count). The fraction of sp³-hybridized carbons (Fsp3) is 0.333. The highest BCUT2D eigenvalue weighted by atomic mass is 32.1. The molecular formula is C27H27F2N5O4S. The van der Waals surface area contributed by atoms with Crippen molar-refractivity contribution in [3.63, 3.8) is 0 Å². The molecule has 3 aromatic rings. The average Bonchev–Trinajstić information content (AvgIpc) is 3.51. The molecule has 1 atom stereocenters. The first-order chi connectivity index (χ1) is 18.9. The molecule has 0 spiro atoms. The zero-order chi connectivity index (χ0) is 27.4. The Morgan fingerprint density at radius 2 is 1.92 bits per heavy atom. The highest BCUT2D eigenvalue weighted by Crippen LogP contribution is 2.32. The molecule has 1 aromatic heterocycles. The molecular weight excluding hydrogens is 528 g/mol. The van der Waals surface area contributed by atoms with Crippen LogP contribution in [0.25, 0.3) is 5.57 Å². The topological polar surface area (TPSA) is 102 Å². The van der Waals surface area contributed by atoms with E-state index in [1.54, 1.807) is 11.0 Å². The highest BCUT2D eigenvalue weighted by molar-refractivity contribution is 7.80. The number of methoxy groups -OCH3 is 1.